The Balaban J connectivity index is 0.907. The lowest BCUT2D eigenvalue weighted by Crippen LogP contribution is -2.58. The molecule has 252 valence electrons. The van der Waals surface area contributed by atoms with Crippen LogP contribution in [-0.2, 0) is 17.7 Å². The van der Waals surface area contributed by atoms with Crippen LogP contribution in [0.25, 0.3) is 21.1 Å². The van der Waals surface area contributed by atoms with Gasteiger partial charge in [-0.1, -0.05) is 35.1 Å². The number of rotatable bonds is 9. The summed E-state index contributed by atoms with van der Waals surface area (Å²) >= 11 is 0.954. The van der Waals surface area contributed by atoms with E-state index in [1.807, 2.05) is 36.1 Å². The number of aromatic nitrogens is 2. The van der Waals surface area contributed by atoms with Crippen LogP contribution in [0.4, 0.5) is 4.39 Å². The lowest BCUT2D eigenvalue weighted by Gasteiger charge is -2.47. The van der Waals surface area contributed by atoms with Gasteiger partial charge in [0.15, 0.2) is 0 Å². The molecule has 5 N–H and O–H groups in total. The Labute approximate surface area is 281 Å². The number of aryl methyl sites for hydroxylation is 1. The zero-order valence-electron chi connectivity index (χ0n) is 26.9. The van der Waals surface area contributed by atoms with Crippen LogP contribution >= 0.6 is 11.3 Å². The van der Waals surface area contributed by atoms with Crippen molar-refractivity contribution in [1.82, 2.24) is 25.1 Å². The van der Waals surface area contributed by atoms with Crippen molar-refractivity contribution in [3.05, 3.63) is 98.0 Å². The lowest BCUT2D eigenvalue weighted by atomic mass is 9.89. The minimum atomic E-state index is -0.874. The van der Waals surface area contributed by atoms with Gasteiger partial charge in [0.25, 0.3) is 5.91 Å². The third kappa shape index (κ3) is 6.90. The summed E-state index contributed by atoms with van der Waals surface area (Å²) in [5.74, 6) is -0.306. The number of amides is 1. The molecule has 2 aromatic heterocycles. The molecule has 0 unspecified atom stereocenters. The molecule has 4 heterocycles. The molecule has 5 aromatic rings. The number of fused-ring (bicyclic) bond motifs is 2. The van der Waals surface area contributed by atoms with Crippen LogP contribution in [-0.4, -0.2) is 87.4 Å². The van der Waals surface area contributed by atoms with E-state index in [1.54, 1.807) is 18.2 Å². The minimum absolute atomic E-state index is 0.00176. The topological polar surface area (TPSA) is 134 Å². The number of morpholine rings is 1. The zero-order chi connectivity index (χ0) is 33.4. The first kappa shape index (κ1) is 32.5. The number of aromatic hydroxyl groups is 1. The molecule has 7 rings (SSSR count). The van der Waals surface area contributed by atoms with E-state index >= 15 is 0 Å². The highest BCUT2D eigenvalue weighted by molar-refractivity contribution is 7.16. The summed E-state index contributed by atoms with van der Waals surface area (Å²) in [5, 5.41) is 25.0. The third-order valence-electron chi connectivity index (χ3n) is 9.61. The molecule has 0 saturated carbocycles. The van der Waals surface area contributed by atoms with Gasteiger partial charge in [-0.2, -0.15) is 0 Å². The lowest BCUT2D eigenvalue weighted by molar-refractivity contribution is -0.128. The second-order valence-electron chi connectivity index (χ2n) is 13.1. The van der Waals surface area contributed by atoms with Gasteiger partial charge in [0.05, 0.1) is 29.6 Å². The quantitative estimate of drug-likeness (QED) is 0.145. The molecule has 1 spiro atoms. The largest absolute Gasteiger partial charge is 0.506 e. The summed E-state index contributed by atoms with van der Waals surface area (Å²) < 4.78 is 21.5. The highest BCUT2D eigenvalue weighted by Gasteiger charge is 2.41. The SMILES string of the molecule is Cc1ccc2[nH]c(C(=O)N3CCOC4(CCN(Cc5cc(F)cc(CCNC[C@H](O)c6ccc(O)c7[nH]c(=O)sc67)c5)CC4)C3)cc2c1. The van der Waals surface area contributed by atoms with Crippen LogP contribution in [0.2, 0.25) is 0 Å². The van der Waals surface area contributed by atoms with Gasteiger partial charge >= 0.3 is 4.87 Å². The van der Waals surface area contributed by atoms with Crippen molar-refractivity contribution >= 4 is 38.4 Å². The highest BCUT2D eigenvalue weighted by Crippen LogP contribution is 2.33. The number of likely N-dealkylation sites (tertiary alicyclic amines) is 1. The van der Waals surface area contributed by atoms with Crippen LogP contribution in [0.3, 0.4) is 0 Å². The number of nitrogens with zero attached hydrogens (tertiary/aromatic N) is 2. The first-order valence-electron chi connectivity index (χ1n) is 16.4. The van der Waals surface area contributed by atoms with Gasteiger partial charge in [-0.05, 0) is 80.3 Å². The van der Waals surface area contributed by atoms with Crippen LogP contribution in [0.5, 0.6) is 5.75 Å². The number of nitrogens with one attached hydrogen (secondary N) is 3. The van der Waals surface area contributed by atoms with Gasteiger partial charge in [-0.25, -0.2) is 4.39 Å². The number of carbonyl (C=O) groups excluding carboxylic acids is 1. The predicted octanol–water partition coefficient (Wildman–Crippen LogP) is 4.60. The van der Waals surface area contributed by atoms with E-state index in [9.17, 15) is 24.2 Å². The van der Waals surface area contributed by atoms with Gasteiger partial charge in [0, 0.05) is 49.2 Å². The van der Waals surface area contributed by atoms with Gasteiger partial charge in [0.2, 0.25) is 0 Å². The van der Waals surface area contributed by atoms with E-state index in [-0.39, 0.29) is 34.5 Å². The Kier molecular flexibility index (Phi) is 9.10. The molecule has 1 amide bonds. The standard InChI is InChI=1S/C36H40FN5O5S/c1-22-2-4-28-25(14-22)18-29(39-28)34(45)42-12-13-47-36(21-42)7-10-41(11-8-36)20-24-15-23(16-26(37)17-24)6-9-38-19-31(44)27-3-5-30(43)32-33(27)48-35(46)40-32/h2-5,14-18,31,38-39,43-44H,6-13,19-21H2,1H3,(H,40,46)/t31-/m0/s1. The number of thiazole rings is 1. The van der Waals surface area contributed by atoms with Crippen LogP contribution in [0.1, 0.15) is 51.7 Å². The average Bonchev–Trinajstić information content (AvgIpc) is 3.67. The molecule has 0 bridgehead atoms. The van der Waals surface area contributed by atoms with E-state index in [2.05, 4.69) is 26.3 Å². The average molecular weight is 674 g/mol. The maximum Gasteiger partial charge on any atom is 0.305 e. The van der Waals surface area contributed by atoms with Crippen LogP contribution < -0.4 is 10.2 Å². The van der Waals surface area contributed by atoms with Gasteiger partial charge < -0.3 is 35.1 Å². The molecule has 2 fully saturated rings. The number of phenols is 1. The smallest absolute Gasteiger partial charge is 0.305 e. The number of H-pyrrole nitrogens is 2. The van der Waals surface area contributed by atoms with E-state index < -0.39 is 6.10 Å². The van der Waals surface area contributed by atoms with Crippen molar-refractivity contribution in [3.8, 4) is 5.75 Å². The molecule has 0 radical (unpaired) electrons. The molecule has 48 heavy (non-hydrogen) atoms. The molecule has 10 nitrogen and oxygen atoms in total. The van der Waals surface area contributed by atoms with Crippen molar-refractivity contribution < 1.29 is 24.1 Å². The number of carbonyl (C=O) groups is 1. The minimum Gasteiger partial charge on any atom is -0.506 e. The number of hydrogen-bond acceptors (Lipinski definition) is 8. The first-order valence-corrected chi connectivity index (χ1v) is 17.2. The summed E-state index contributed by atoms with van der Waals surface area (Å²) in [6.07, 6.45) is 1.30. The normalized spacial score (nSPS) is 17.4. The summed E-state index contributed by atoms with van der Waals surface area (Å²) in [7, 11) is 0. The molecule has 12 heteroatoms. The summed E-state index contributed by atoms with van der Waals surface area (Å²) in [5.41, 5.74) is 5.02. The van der Waals surface area contributed by atoms with Crippen molar-refractivity contribution in [1.29, 1.82) is 0 Å². The number of hydrogen-bond donors (Lipinski definition) is 5. The summed E-state index contributed by atoms with van der Waals surface area (Å²) in [6, 6.07) is 16.3. The number of aliphatic hydroxyl groups is 1. The van der Waals surface area contributed by atoms with E-state index in [0.717, 1.165) is 64.9 Å². The second kappa shape index (κ2) is 13.4. The highest BCUT2D eigenvalue weighted by atomic mass is 32.1. The number of phenolic OH excluding ortho intramolecular Hbond substituents is 1. The summed E-state index contributed by atoms with van der Waals surface area (Å²) in [6.45, 7) is 6.66. The van der Waals surface area contributed by atoms with E-state index in [0.29, 0.717) is 60.7 Å². The number of halogens is 1. The Bertz CT molecular complexity index is 2010. The molecular formula is C36H40FN5O5S. The van der Waals surface area contributed by atoms with Crippen molar-refractivity contribution in [2.75, 3.05) is 45.9 Å². The predicted molar refractivity (Wildman–Crippen MR) is 184 cm³/mol. The van der Waals surface area contributed by atoms with Crippen LogP contribution in [0, 0.1) is 12.7 Å². The maximum atomic E-state index is 14.7. The fraction of sp³-hybridized carbons (Fsp3) is 0.389. The number of aliphatic hydroxyl groups excluding tert-OH is 1. The Hall–Kier alpha value is -4.07. The number of ether oxygens (including phenoxy) is 1. The van der Waals surface area contributed by atoms with Crippen molar-refractivity contribution in [2.24, 2.45) is 0 Å². The Morgan fingerprint density at radius 2 is 1.90 bits per heavy atom. The number of aromatic amines is 2. The van der Waals surface area contributed by atoms with Gasteiger partial charge in [0.1, 0.15) is 22.8 Å². The van der Waals surface area contributed by atoms with Crippen molar-refractivity contribution in [2.45, 2.75) is 44.4 Å². The third-order valence-corrected chi connectivity index (χ3v) is 10.5. The Morgan fingerprint density at radius 3 is 2.73 bits per heavy atom. The first-order chi connectivity index (χ1) is 23.1. The second-order valence-corrected chi connectivity index (χ2v) is 14.1. The van der Waals surface area contributed by atoms with Gasteiger partial charge in [-0.15, -0.1) is 0 Å². The molecule has 2 saturated heterocycles. The van der Waals surface area contributed by atoms with Gasteiger partial charge in [-0.3, -0.25) is 14.5 Å². The molecule has 1 atom stereocenters. The molecule has 0 aliphatic carbocycles. The van der Waals surface area contributed by atoms with Crippen LogP contribution in [0.15, 0.2) is 59.4 Å². The van der Waals surface area contributed by atoms with E-state index in [1.165, 1.54) is 6.07 Å². The molecule has 2 aliphatic heterocycles. The summed E-state index contributed by atoms with van der Waals surface area (Å²) in [4.78, 5) is 35.1. The zero-order valence-corrected chi connectivity index (χ0v) is 27.7. The fourth-order valence-corrected chi connectivity index (χ4v) is 7.99. The molecule has 3 aromatic carbocycles. The molecule has 2 aliphatic rings. The van der Waals surface area contributed by atoms with E-state index in [4.69, 9.17) is 4.74 Å². The van der Waals surface area contributed by atoms with Crippen molar-refractivity contribution in [3.63, 3.8) is 0 Å². The number of piperidine rings is 1. The monoisotopic (exact) mass is 673 g/mol. The number of benzene rings is 3. The Morgan fingerprint density at radius 1 is 1.08 bits per heavy atom. The maximum absolute atomic E-state index is 14.7. The molecular weight excluding hydrogens is 633 g/mol. The fourth-order valence-electron chi connectivity index (χ4n) is 7.07.